The van der Waals surface area contributed by atoms with Crippen LogP contribution < -0.4 is 5.32 Å². The number of likely N-dealkylation sites (tertiary alicyclic amines) is 1. The van der Waals surface area contributed by atoms with Crippen molar-refractivity contribution in [1.82, 2.24) is 10.2 Å². The van der Waals surface area contributed by atoms with Crippen LogP contribution in [0.4, 0.5) is 4.79 Å². The summed E-state index contributed by atoms with van der Waals surface area (Å²) in [5, 5.41) is 12.1. The van der Waals surface area contributed by atoms with Gasteiger partial charge in [-0.15, -0.1) is 0 Å². The molecule has 0 saturated carbocycles. The number of hydrogen-bond donors (Lipinski definition) is 2. The third-order valence-electron chi connectivity index (χ3n) is 3.75. The molecule has 1 aliphatic heterocycles. The average Bonchev–Trinajstić information content (AvgIpc) is 2.54. The van der Waals surface area contributed by atoms with E-state index in [1.54, 1.807) is 4.90 Å². The molecular weight excluding hydrogens is 256 g/mol. The Balaban J connectivity index is 2.66. The lowest BCUT2D eigenvalue weighted by atomic mass is 9.82. The van der Waals surface area contributed by atoms with E-state index in [2.05, 4.69) is 26.1 Å². The number of nitrogens with zero attached hydrogens (tertiary/aromatic N) is 1. The monoisotopic (exact) mass is 284 g/mol. The van der Waals surface area contributed by atoms with E-state index < -0.39 is 11.9 Å². The molecule has 0 aliphatic carbocycles. The third-order valence-corrected chi connectivity index (χ3v) is 3.75. The molecule has 116 valence electrons. The molecule has 0 bridgehead atoms. The van der Waals surface area contributed by atoms with E-state index in [4.69, 9.17) is 5.11 Å². The van der Waals surface area contributed by atoms with E-state index in [0.717, 1.165) is 6.42 Å². The molecule has 5 nitrogen and oxygen atoms in total. The molecule has 5 heteroatoms. The Bertz CT molecular complexity index is 385. The fourth-order valence-corrected chi connectivity index (χ4v) is 3.29. The molecular formula is C15H28N2O3. The van der Waals surface area contributed by atoms with Crippen molar-refractivity contribution in [2.45, 2.75) is 66.0 Å². The van der Waals surface area contributed by atoms with Crippen molar-refractivity contribution in [3.8, 4) is 0 Å². The number of carboxylic acids is 1. The van der Waals surface area contributed by atoms with Gasteiger partial charge in [-0.25, -0.2) is 4.79 Å². The summed E-state index contributed by atoms with van der Waals surface area (Å²) in [5.41, 5.74) is -0.187. The summed E-state index contributed by atoms with van der Waals surface area (Å²) in [6.45, 7) is 12.7. The maximum absolute atomic E-state index is 12.3. The van der Waals surface area contributed by atoms with Crippen LogP contribution in [0, 0.1) is 11.3 Å². The van der Waals surface area contributed by atoms with Crippen molar-refractivity contribution in [2.75, 3.05) is 6.54 Å². The molecule has 0 spiro atoms. The summed E-state index contributed by atoms with van der Waals surface area (Å²) < 4.78 is 0. The van der Waals surface area contributed by atoms with Crippen molar-refractivity contribution in [3.63, 3.8) is 0 Å². The highest BCUT2D eigenvalue weighted by Crippen LogP contribution is 2.28. The normalized spacial score (nSPS) is 23.8. The van der Waals surface area contributed by atoms with Gasteiger partial charge in [0.05, 0.1) is 5.92 Å². The lowest BCUT2D eigenvalue weighted by molar-refractivity contribution is -0.142. The van der Waals surface area contributed by atoms with Crippen molar-refractivity contribution in [3.05, 3.63) is 0 Å². The lowest BCUT2D eigenvalue weighted by Gasteiger charge is -2.35. The van der Waals surface area contributed by atoms with Gasteiger partial charge in [-0.05, 0) is 39.0 Å². The summed E-state index contributed by atoms with van der Waals surface area (Å²) in [6, 6.07) is -0.409. The van der Waals surface area contributed by atoms with Crippen LogP contribution in [-0.2, 0) is 4.79 Å². The fraction of sp³-hybridized carbons (Fsp3) is 0.867. The molecule has 0 aromatic heterocycles. The highest BCUT2D eigenvalue weighted by atomic mass is 16.4. The first-order valence-electron chi connectivity index (χ1n) is 7.24. The maximum atomic E-state index is 12.3. The van der Waals surface area contributed by atoms with Gasteiger partial charge in [-0.1, -0.05) is 20.8 Å². The zero-order valence-electron chi connectivity index (χ0n) is 13.5. The maximum Gasteiger partial charge on any atom is 0.318 e. The van der Waals surface area contributed by atoms with Gasteiger partial charge in [-0.3, -0.25) is 4.79 Å². The zero-order chi connectivity index (χ0) is 15.7. The van der Waals surface area contributed by atoms with Crippen LogP contribution in [0.25, 0.3) is 0 Å². The van der Waals surface area contributed by atoms with Crippen molar-refractivity contribution >= 4 is 12.0 Å². The van der Waals surface area contributed by atoms with Gasteiger partial charge in [-0.2, -0.15) is 0 Å². The Hall–Kier alpha value is -1.26. The number of carbonyl (C=O) groups excluding carboxylic acids is 1. The first-order chi connectivity index (χ1) is 8.93. The number of rotatable bonds is 3. The second kappa shape index (κ2) is 5.62. The minimum absolute atomic E-state index is 0.122. The standard InChI is InChI=1S/C15H28N2O3/c1-10-11(12(18)19)7-8-17(10)13(20)16-15(5,6)9-14(2,3)4/h10-11H,7-9H2,1-6H3,(H,16,20)(H,18,19). The summed E-state index contributed by atoms with van der Waals surface area (Å²) in [4.78, 5) is 25.1. The molecule has 2 amide bonds. The minimum Gasteiger partial charge on any atom is -0.481 e. The summed E-state index contributed by atoms with van der Waals surface area (Å²) in [7, 11) is 0. The van der Waals surface area contributed by atoms with Crippen LogP contribution in [0.3, 0.4) is 0 Å². The molecule has 1 rings (SSSR count). The van der Waals surface area contributed by atoms with Crippen LogP contribution in [-0.4, -0.2) is 40.1 Å². The molecule has 0 radical (unpaired) electrons. The molecule has 2 N–H and O–H groups in total. The number of carbonyl (C=O) groups is 2. The minimum atomic E-state index is -0.818. The molecule has 20 heavy (non-hydrogen) atoms. The van der Waals surface area contributed by atoms with E-state index in [1.165, 1.54) is 0 Å². The highest BCUT2D eigenvalue weighted by Gasteiger charge is 2.39. The molecule has 1 fully saturated rings. The molecule has 2 atom stereocenters. The zero-order valence-corrected chi connectivity index (χ0v) is 13.5. The number of urea groups is 1. The molecule has 1 aliphatic rings. The lowest BCUT2D eigenvalue weighted by Crippen LogP contribution is -2.52. The first-order valence-corrected chi connectivity index (χ1v) is 7.24. The number of amides is 2. The number of hydrogen-bond acceptors (Lipinski definition) is 2. The Morgan fingerprint density at radius 1 is 1.25 bits per heavy atom. The largest absolute Gasteiger partial charge is 0.481 e. The van der Waals surface area contributed by atoms with Crippen molar-refractivity contribution < 1.29 is 14.7 Å². The average molecular weight is 284 g/mol. The second-order valence-corrected chi connectivity index (χ2v) is 7.72. The number of nitrogens with one attached hydrogen (secondary N) is 1. The predicted molar refractivity (Wildman–Crippen MR) is 78.6 cm³/mol. The van der Waals surface area contributed by atoms with E-state index in [1.807, 2.05) is 20.8 Å². The molecule has 0 aromatic rings. The van der Waals surface area contributed by atoms with Gasteiger partial charge in [0.25, 0.3) is 0 Å². The number of carboxylic acid groups (broad SMARTS) is 1. The molecule has 2 unspecified atom stereocenters. The van der Waals surface area contributed by atoms with Crippen LogP contribution in [0.1, 0.15) is 54.4 Å². The Morgan fingerprint density at radius 2 is 1.80 bits per heavy atom. The van der Waals surface area contributed by atoms with Gasteiger partial charge in [0.2, 0.25) is 0 Å². The molecule has 0 aromatic carbocycles. The summed E-state index contributed by atoms with van der Waals surface area (Å²) >= 11 is 0. The predicted octanol–water partition coefficient (Wildman–Crippen LogP) is 2.71. The highest BCUT2D eigenvalue weighted by molar-refractivity contribution is 5.78. The third kappa shape index (κ3) is 4.39. The van der Waals surface area contributed by atoms with Gasteiger partial charge in [0, 0.05) is 18.1 Å². The van der Waals surface area contributed by atoms with E-state index in [-0.39, 0.29) is 23.0 Å². The van der Waals surface area contributed by atoms with Crippen LogP contribution in [0.15, 0.2) is 0 Å². The Morgan fingerprint density at radius 3 is 2.20 bits per heavy atom. The van der Waals surface area contributed by atoms with Crippen molar-refractivity contribution in [2.24, 2.45) is 11.3 Å². The quantitative estimate of drug-likeness (QED) is 0.837. The molecule has 1 heterocycles. The SMILES string of the molecule is CC1C(C(=O)O)CCN1C(=O)NC(C)(C)CC(C)(C)C. The Kier molecular flexibility index (Phi) is 4.72. The fourth-order valence-electron chi connectivity index (χ4n) is 3.29. The smallest absolute Gasteiger partial charge is 0.318 e. The van der Waals surface area contributed by atoms with Gasteiger partial charge < -0.3 is 15.3 Å². The van der Waals surface area contributed by atoms with Crippen LogP contribution in [0.5, 0.6) is 0 Å². The topological polar surface area (TPSA) is 69.6 Å². The summed E-state index contributed by atoms with van der Waals surface area (Å²) in [6.07, 6.45) is 1.39. The number of aliphatic carboxylic acids is 1. The van der Waals surface area contributed by atoms with E-state index >= 15 is 0 Å². The second-order valence-electron chi connectivity index (χ2n) is 7.72. The Labute approximate surface area is 121 Å². The van der Waals surface area contributed by atoms with Crippen molar-refractivity contribution in [1.29, 1.82) is 0 Å². The van der Waals surface area contributed by atoms with Crippen LogP contribution in [0.2, 0.25) is 0 Å². The van der Waals surface area contributed by atoms with Crippen LogP contribution >= 0.6 is 0 Å². The van der Waals surface area contributed by atoms with E-state index in [9.17, 15) is 9.59 Å². The molecule has 1 saturated heterocycles. The van der Waals surface area contributed by atoms with Gasteiger partial charge in [0.15, 0.2) is 0 Å². The van der Waals surface area contributed by atoms with E-state index in [0.29, 0.717) is 13.0 Å². The van der Waals surface area contributed by atoms with Gasteiger partial charge >= 0.3 is 12.0 Å². The first kappa shape index (κ1) is 16.8. The van der Waals surface area contributed by atoms with Gasteiger partial charge in [0.1, 0.15) is 0 Å². The summed E-state index contributed by atoms with van der Waals surface area (Å²) in [5.74, 6) is -1.27.